The first kappa shape index (κ1) is 16.8. The second-order valence-electron chi connectivity index (χ2n) is 4.40. The van der Waals surface area contributed by atoms with E-state index in [9.17, 15) is 0 Å². The zero-order chi connectivity index (χ0) is 15.1. The van der Waals surface area contributed by atoms with Crippen LogP contribution in [-0.4, -0.2) is 36.7 Å². The molecule has 7 heteroatoms. The Morgan fingerprint density at radius 3 is 2.76 bits per heavy atom. The van der Waals surface area contributed by atoms with Crippen molar-refractivity contribution in [1.29, 1.82) is 0 Å². The summed E-state index contributed by atoms with van der Waals surface area (Å²) in [5, 5.41) is 11.7. The molecule has 1 aromatic heterocycles. The minimum atomic E-state index is 0.738. The third-order valence-electron chi connectivity index (χ3n) is 2.88. The summed E-state index contributed by atoms with van der Waals surface area (Å²) in [7, 11) is 1.72. The number of aryl methyl sites for hydroxylation is 1. The van der Waals surface area contributed by atoms with E-state index in [1.165, 1.54) is 16.0 Å². The third kappa shape index (κ3) is 5.27. The van der Waals surface area contributed by atoms with Gasteiger partial charge in [0.1, 0.15) is 0 Å². The number of nitrogens with one attached hydrogen (secondary N) is 1. The van der Waals surface area contributed by atoms with Gasteiger partial charge in [0.2, 0.25) is 0 Å². The largest absolute Gasteiger partial charge is 0.383 e. The SMILES string of the molecule is COCCNCc1ccc(Sc2nnc(SC)s2)cc1C. The van der Waals surface area contributed by atoms with Gasteiger partial charge in [0.15, 0.2) is 8.68 Å². The average molecular weight is 342 g/mol. The van der Waals surface area contributed by atoms with Crippen molar-refractivity contribution in [2.75, 3.05) is 26.5 Å². The number of aromatic nitrogens is 2. The van der Waals surface area contributed by atoms with Gasteiger partial charge in [0, 0.05) is 25.1 Å². The fourth-order valence-electron chi connectivity index (χ4n) is 1.75. The Morgan fingerprint density at radius 2 is 2.10 bits per heavy atom. The summed E-state index contributed by atoms with van der Waals surface area (Å²) >= 11 is 4.94. The molecule has 0 saturated carbocycles. The van der Waals surface area contributed by atoms with Crippen LogP contribution < -0.4 is 5.32 Å². The van der Waals surface area contributed by atoms with Gasteiger partial charge in [-0.3, -0.25) is 0 Å². The topological polar surface area (TPSA) is 47.0 Å². The first-order valence-corrected chi connectivity index (χ1v) is 9.43. The van der Waals surface area contributed by atoms with Gasteiger partial charge in [0.25, 0.3) is 0 Å². The highest BCUT2D eigenvalue weighted by atomic mass is 32.2. The minimum absolute atomic E-state index is 0.738. The van der Waals surface area contributed by atoms with Crippen molar-refractivity contribution in [2.45, 2.75) is 27.0 Å². The molecule has 0 aliphatic rings. The van der Waals surface area contributed by atoms with Gasteiger partial charge in [-0.25, -0.2) is 0 Å². The molecule has 4 nitrogen and oxygen atoms in total. The lowest BCUT2D eigenvalue weighted by molar-refractivity contribution is 0.199. The van der Waals surface area contributed by atoms with Crippen molar-refractivity contribution >= 4 is 34.9 Å². The zero-order valence-corrected chi connectivity index (χ0v) is 14.8. The van der Waals surface area contributed by atoms with E-state index in [-0.39, 0.29) is 0 Å². The van der Waals surface area contributed by atoms with Crippen LogP contribution in [0.5, 0.6) is 0 Å². The molecule has 2 rings (SSSR count). The van der Waals surface area contributed by atoms with Crippen molar-refractivity contribution in [3.05, 3.63) is 29.3 Å². The lowest BCUT2D eigenvalue weighted by Crippen LogP contribution is -2.19. The second-order valence-corrected chi connectivity index (χ2v) is 7.75. The fraction of sp³-hybridized carbons (Fsp3) is 0.429. The molecule has 0 aliphatic carbocycles. The Balaban J connectivity index is 1.94. The summed E-state index contributed by atoms with van der Waals surface area (Å²) in [6.45, 7) is 4.62. The predicted octanol–water partition coefficient (Wildman–Crippen LogP) is 3.46. The van der Waals surface area contributed by atoms with Gasteiger partial charge < -0.3 is 10.1 Å². The van der Waals surface area contributed by atoms with Crippen LogP contribution in [0.3, 0.4) is 0 Å². The Kier molecular flexibility index (Phi) is 6.98. The summed E-state index contributed by atoms with van der Waals surface area (Å²) < 4.78 is 7.03. The first-order chi connectivity index (χ1) is 10.2. The number of benzene rings is 1. The average Bonchev–Trinajstić information content (AvgIpc) is 2.93. The molecule has 0 bridgehead atoms. The van der Waals surface area contributed by atoms with Gasteiger partial charge in [-0.05, 0) is 36.4 Å². The molecule has 2 aromatic rings. The van der Waals surface area contributed by atoms with E-state index in [0.717, 1.165) is 28.4 Å². The molecule has 1 N–H and O–H groups in total. The van der Waals surface area contributed by atoms with Crippen LogP contribution in [0.4, 0.5) is 0 Å². The lowest BCUT2D eigenvalue weighted by Gasteiger charge is -2.09. The lowest BCUT2D eigenvalue weighted by atomic mass is 10.1. The molecule has 114 valence electrons. The van der Waals surface area contributed by atoms with Gasteiger partial charge >= 0.3 is 0 Å². The maximum absolute atomic E-state index is 5.03. The normalized spacial score (nSPS) is 11.0. The summed E-state index contributed by atoms with van der Waals surface area (Å²) in [5.41, 5.74) is 2.61. The van der Waals surface area contributed by atoms with Gasteiger partial charge in [-0.2, -0.15) is 0 Å². The number of nitrogens with zero attached hydrogens (tertiary/aromatic N) is 2. The first-order valence-electron chi connectivity index (χ1n) is 6.57. The third-order valence-corrected chi connectivity index (χ3v) is 5.82. The Labute approximate surface area is 138 Å². The van der Waals surface area contributed by atoms with Crippen LogP contribution in [0, 0.1) is 6.92 Å². The maximum Gasteiger partial charge on any atom is 0.179 e. The maximum atomic E-state index is 5.03. The second kappa shape index (κ2) is 8.75. The summed E-state index contributed by atoms with van der Waals surface area (Å²) in [5.74, 6) is 0. The van der Waals surface area contributed by atoms with Crippen molar-refractivity contribution < 1.29 is 4.74 Å². The van der Waals surface area contributed by atoms with Crippen LogP contribution in [0.15, 0.2) is 31.8 Å². The Bertz CT molecular complexity index is 574. The molecule has 0 saturated heterocycles. The molecule has 1 aromatic carbocycles. The summed E-state index contributed by atoms with van der Waals surface area (Å²) in [6.07, 6.45) is 2.02. The Morgan fingerprint density at radius 1 is 1.29 bits per heavy atom. The molecule has 1 heterocycles. The van der Waals surface area contributed by atoms with E-state index in [0.29, 0.717) is 0 Å². The highest BCUT2D eigenvalue weighted by molar-refractivity contribution is 8.03. The number of hydrogen-bond acceptors (Lipinski definition) is 7. The van der Waals surface area contributed by atoms with Crippen molar-refractivity contribution in [2.24, 2.45) is 0 Å². The molecule has 0 fully saturated rings. The molecule has 0 unspecified atom stereocenters. The predicted molar refractivity (Wildman–Crippen MR) is 90.6 cm³/mol. The van der Waals surface area contributed by atoms with E-state index >= 15 is 0 Å². The molecular weight excluding hydrogens is 322 g/mol. The molecule has 0 amide bonds. The van der Waals surface area contributed by atoms with Crippen LogP contribution in [-0.2, 0) is 11.3 Å². The van der Waals surface area contributed by atoms with Crippen LogP contribution in [0.2, 0.25) is 0 Å². The zero-order valence-electron chi connectivity index (χ0n) is 12.4. The van der Waals surface area contributed by atoms with E-state index in [4.69, 9.17) is 4.74 Å². The number of thioether (sulfide) groups is 1. The number of rotatable bonds is 8. The molecule has 0 aliphatic heterocycles. The summed E-state index contributed by atoms with van der Waals surface area (Å²) in [6, 6.07) is 6.53. The van der Waals surface area contributed by atoms with Gasteiger partial charge in [0.05, 0.1) is 6.61 Å². The van der Waals surface area contributed by atoms with E-state index in [1.54, 1.807) is 42.0 Å². The number of ether oxygens (including phenoxy) is 1. The summed E-state index contributed by atoms with van der Waals surface area (Å²) in [4.78, 5) is 1.21. The van der Waals surface area contributed by atoms with Crippen LogP contribution >= 0.6 is 34.9 Å². The van der Waals surface area contributed by atoms with Gasteiger partial charge in [-0.15, -0.1) is 10.2 Å². The number of hydrogen-bond donors (Lipinski definition) is 1. The highest BCUT2D eigenvalue weighted by Gasteiger charge is 2.07. The van der Waals surface area contributed by atoms with Crippen LogP contribution in [0.25, 0.3) is 0 Å². The quantitative estimate of drug-likeness (QED) is 0.586. The van der Waals surface area contributed by atoms with E-state index in [1.807, 2.05) is 6.26 Å². The van der Waals surface area contributed by atoms with Crippen LogP contribution in [0.1, 0.15) is 11.1 Å². The van der Waals surface area contributed by atoms with Gasteiger partial charge in [-0.1, -0.05) is 40.9 Å². The molecule has 0 atom stereocenters. The standard InChI is InChI=1S/C14H19N3OS3/c1-10-8-12(20-14-17-16-13(19-3)21-14)5-4-11(10)9-15-6-7-18-2/h4-5,8,15H,6-7,9H2,1-3H3. The monoisotopic (exact) mass is 341 g/mol. The fourth-order valence-corrected chi connectivity index (χ4v) is 4.26. The molecule has 0 radical (unpaired) electrons. The molecule has 0 spiro atoms. The smallest absolute Gasteiger partial charge is 0.179 e. The number of methoxy groups -OCH3 is 1. The highest BCUT2D eigenvalue weighted by Crippen LogP contribution is 2.33. The molecule has 21 heavy (non-hydrogen) atoms. The van der Waals surface area contributed by atoms with Crippen molar-refractivity contribution in [3.8, 4) is 0 Å². The van der Waals surface area contributed by atoms with Crippen molar-refractivity contribution in [1.82, 2.24) is 15.5 Å². The minimum Gasteiger partial charge on any atom is -0.383 e. The van der Waals surface area contributed by atoms with E-state index < -0.39 is 0 Å². The molecular formula is C14H19N3OS3. The van der Waals surface area contributed by atoms with E-state index in [2.05, 4.69) is 40.6 Å². The van der Waals surface area contributed by atoms with Crippen molar-refractivity contribution in [3.63, 3.8) is 0 Å². The Hall–Kier alpha value is -0.600.